The Morgan fingerprint density at radius 3 is 2.70 bits per heavy atom. The number of aryl methyl sites for hydroxylation is 1. The SMILES string of the molecule is Cc1ccc(N[C@H]2CCC[C@@H]2NC(=O)c2ccccc2Cl)nc1. The summed E-state index contributed by atoms with van der Waals surface area (Å²) in [5, 5.41) is 7.01. The molecule has 3 rings (SSSR count). The number of pyridine rings is 1. The molecule has 2 N–H and O–H groups in total. The van der Waals surface area contributed by atoms with E-state index < -0.39 is 0 Å². The molecule has 2 atom stereocenters. The summed E-state index contributed by atoms with van der Waals surface area (Å²) in [5.74, 6) is 0.727. The molecule has 1 saturated carbocycles. The number of aromatic nitrogens is 1. The Morgan fingerprint density at radius 2 is 1.96 bits per heavy atom. The minimum Gasteiger partial charge on any atom is -0.365 e. The molecule has 5 heteroatoms. The van der Waals surface area contributed by atoms with Crippen LogP contribution in [0.2, 0.25) is 5.02 Å². The fourth-order valence-corrected chi connectivity index (χ4v) is 3.16. The lowest BCUT2D eigenvalue weighted by atomic mass is 10.1. The van der Waals surface area contributed by atoms with Gasteiger partial charge in [-0.1, -0.05) is 29.8 Å². The van der Waals surface area contributed by atoms with Gasteiger partial charge in [0.1, 0.15) is 5.82 Å². The minimum absolute atomic E-state index is 0.0851. The Morgan fingerprint density at radius 1 is 1.17 bits per heavy atom. The third-order valence-electron chi connectivity index (χ3n) is 4.20. The Balaban J connectivity index is 1.66. The van der Waals surface area contributed by atoms with Crippen molar-refractivity contribution in [3.05, 3.63) is 58.7 Å². The van der Waals surface area contributed by atoms with Gasteiger partial charge in [0.15, 0.2) is 0 Å². The van der Waals surface area contributed by atoms with E-state index in [9.17, 15) is 4.79 Å². The molecule has 0 aliphatic heterocycles. The topological polar surface area (TPSA) is 54.0 Å². The Hall–Kier alpha value is -2.07. The number of halogens is 1. The molecule has 0 spiro atoms. The van der Waals surface area contributed by atoms with E-state index >= 15 is 0 Å². The number of amides is 1. The molecule has 1 fully saturated rings. The van der Waals surface area contributed by atoms with E-state index in [0.29, 0.717) is 10.6 Å². The van der Waals surface area contributed by atoms with Crippen LogP contribution in [-0.4, -0.2) is 23.0 Å². The predicted molar refractivity (Wildman–Crippen MR) is 92.9 cm³/mol. The van der Waals surface area contributed by atoms with Gasteiger partial charge < -0.3 is 10.6 Å². The molecule has 1 amide bonds. The summed E-state index contributed by atoms with van der Waals surface area (Å²) >= 11 is 6.10. The first kappa shape index (κ1) is 15.8. The average molecular weight is 330 g/mol. The number of carbonyl (C=O) groups is 1. The fraction of sp³-hybridized carbons (Fsp3) is 0.333. The highest BCUT2D eigenvalue weighted by atomic mass is 35.5. The van der Waals surface area contributed by atoms with Crippen LogP contribution in [0.1, 0.15) is 35.2 Å². The number of carbonyl (C=O) groups excluding carboxylic acids is 1. The summed E-state index contributed by atoms with van der Waals surface area (Å²) in [5.41, 5.74) is 1.65. The zero-order chi connectivity index (χ0) is 16.2. The monoisotopic (exact) mass is 329 g/mol. The number of hydrogen-bond donors (Lipinski definition) is 2. The van der Waals surface area contributed by atoms with E-state index in [1.54, 1.807) is 12.1 Å². The lowest BCUT2D eigenvalue weighted by molar-refractivity contribution is 0.0936. The van der Waals surface area contributed by atoms with Crippen LogP contribution in [0.25, 0.3) is 0 Å². The number of benzene rings is 1. The van der Waals surface area contributed by atoms with Crippen LogP contribution < -0.4 is 10.6 Å². The van der Waals surface area contributed by atoms with Gasteiger partial charge in [-0.25, -0.2) is 4.98 Å². The van der Waals surface area contributed by atoms with Crippen LogP contribution in [-0.2, 0) is 0 Å². The zero-order valence-electron chi connectivity index (χ0n) is 13.1. The molecule has 0 bridgehead atoms. The van der Waals surface area contributed by atoms with Crippen LogP contribution in [0.3, 0.4) is 0 Å². The second-order valence-corrected chi connectivity index (χ2v) is 6.37. The molecule has 0 unspecified atom stereocenters. The van der Waals surface area contributed by atoms with E-state index in [2.05, 4.69) is 15.6 Å². The second kappa shape index (κ2) is 7.01. The number of rotatable bonds is 4. The highest BCUT2D eigenvalue weighted by Crippen LogP contribution is 2.24. The maximum atomic E-state index is 12.4. The van der Waals surface area contributed by atoms with Crippen LogP contribution in [0.15, 0.2) is 42.6 Å². The molecular formula is C18H20ClN3O. The smallest absolute Gasteiger partial charge is 0.253 e. The van der Waals surface area contributed by atoms with Crippen molar-refractivity contribution in [3.8, 4) is 0 Å². The summed E-state index contributed by atoms with van der Waals surface area (Å²) in [4.78, 5) is 16.8. The maximum Gasteiger partial charge on any atom is 0.253 e. The zero-order valence-corrected chi connectivity index (χ0v) is 13.8. The van der Waals surface area contributed by atoms with Crippen molar-refractivity contribution in [2.24, 2.45) is 0 Å². The third kappa shape index (κ3) is 3.82. The first-order valence-electron chi connectivity index (χ1n) is 7.88. The highest BCUT2D eigenvalue weighted by Gasteiger charge is 2.29. The Bertz CT molecular complexity index is 687. The van der Waals surface area contributed by atoms with Gasteiger partial charge in [-0.05, 0) is 49.9 Å². The molecule has 1 aromatic heterocycles. The minimum atomic E-state index is -0.119. The lowest BCUT2D eigenvalue weighted by Gasteiger charge is -2.23. The summed E-state index contributed by atoms with van der Waals surface area (Å²) < 4.78 is 0. The molecule has 2 aromatic rings. The van der Waals surface area contributed by atoms with E-state index in [0.717, 1.165) is 30.6 Å². The largest absolute Gasteiger partial charge is 0.365 e. The lowest BCUT2D eigenvalue weighted by Crippen LogP contribution is -2.43. The van der Waals surface area contributed by atoms with Gasteiger partial charge in [-0.2, -0.15) is 0 Å². The molecule has 1 aromatic carbocycles. The normalized spacial score (nSPS) is 20.3. The Kier molecular flexibility index (Phi) is 4.82. The average Bonchev–Trinajstić information content (AvgIpc) is 2.97. The molecule has 120 valence electrons. The number of hydrogen-bond acceptors (Lipinski definition) is 3. The molecule has 23 heavy (non-hydrogen) atoms. The van der Waals surface area contributed by atoms with Crippen LogP contribution in [0.5, 0.6) is 0 Å². The van der Waals surface area contributed by atoms with Crippen molar-refractivity contribution in [3.63, 3.8) is 0 Å². The van der Waals surface area contributed by atoms with Gasteiger partial charge in [0.25, 0.3) is 5.91 Å². The molecule has 1 aliphatic rings. The van der Waals surface area contributed by atoms with Crippen LogP contribution in [0.4, 0.5) is 5.82 Å². The van der Waals surface area contributed by atoms with Gasteiger partial charge in [-0.15, -0.1) is 0 Å². The van der Waals surface area contributed by atoms with Crippen molar-refractivity contribution in [2.45, 2.75) is 38.3 Å². The third-order valence-corrected chi connectivity index (χ3v) is 4.53. The molecule has 1 heterocycles. The quantitative estimate of drug-likeness (QED) is 0.897. The van der Waals surface area contributed by atoms with Crippen molar-refractivity contribution in [1.29, 1.82) is 0 Å². The summed E-state index contributed by atoms with van der Waals surface area (Å²) in [6.45, 7) is 2.01. The standard InChI is InChI=1S/C18H20ClN3O/c1-12-9-10-17(20-11-12)21-15-7-4-8-16(15)22-18(23)13-5-2-3-6-14(13)19/h2-3,5-6,9-11,15-16H,4,7-8H2,1H3,(H,20,21)(H,22,23)/t15-,16-/m0/s1. The van der Waals surface area contributed by atoms with Crippen molar-refractivity contribution in [2.75, 3.05) is 5.32 Å². The molecular weight excluding hydrogens is 310 g/mol. The van der Waals surface area contributed by atoms with Crippen LogP contribution in [0, 0.1) is 6.92 Å². The van der Waals surface area contributed by atoms with Gasteiger partial charge in [-0.3, -0.25) is 4.79 Å². The molecule has 4 nitrogen and oxygen atoms in total. The van der Waals surface area contributed by atoms with Gasteiger partial charge in [0, 0.05) is 18.3 Å². The Labute approximate surface area is 141 Å². The van der Waals surface area contributed by atoms with Gasteiger partial charge in [0.05, 0.1) is 10.6 Å². The van der Waals surface area contributed by atoms with E-state index in [1.165, 1.54) is 0 Å². The van der Waals surface area contributed by atoms with E-state index in [-0.39, 0.29) is 18.0 Å². The maximum absolute atomic E-state index is 12.4. The summed E-state index contributed by atoms with van der Waals surface area (Å²) in [7, 11) is 0. The van der Waals surface area contributed by atoms with Crippen LogP contribution >= 0.6 is 11.6 Å². The summed E-state index contributed by atoms with van der Waals surface area (Å²) in [6, 6.07) is 11.4. The van der Waals surface area contributed by atoms with E-state index in [1.807, 2.05) is 37.4 Å². The van der Waals surface area contributed by atoms with Gasteiger partial charge in [0.2, 0.25) is 0 Å². The second-order valence-electron chi connectivity index (χ2n) is 5.96. The first-order chi connectivity index (χ1) is 11.1. The predicted octanol–water partition coefficient (Wildman–Crippen LogP) is 3.81. The number of anilines is 1. The molecule has 0 saturated heterocycles. The molecule has 1 aliphatic carbocycles. The fourth-order valence-electron chi connectivity index (χ4n) is 2.94. The molecule has 0 radical (unpaired) electrons. The number of nitrogens with zero attached hydrogens (tertiary/aromatic N) is 1. The van der Waals surface area contributed by atoms with E-state index in [4.69, 9.17) is 11.6 Å². The van der Waals surface area contributed by atoms with Gasteiger partial charge >= 0.3 is 0 Å². The number of nitrogens with one attached hydrogen (secondary N) is 2. The van der Waals surface area contributed by atoms with Crippen molar-refractivity contribution >= 4 is 23.3 Å². The van der Waals surface area contributed by atoms with Crippen molar-refractivity contribution in [1.82, 2.24) is 10.3 Å². The van der Waals surface area contributed by atoms with Crippen molar-refractivity contribution < 1.29 is 4.79 Å². The first-order valence-corrected chi connectivity index (χ1v) is 8.26. The highest BCUT2D eigenvalue weighted by molar-refractivity contribution is 6.33. The summed E-state index contributed by atoms with van der Waals surface area (Å²) in [6.07, 6.45) is 4.90.